The lowest BCUT2D eigenvalue weighted by molar-refractivity contribution is -0.167. The van der Waals surface area contributed by atoms with E-state index in [2.05, 4.69) is 5.32 Å². The lowest BCUT2D eigenvalue weighted by Crippen LogP contribution is -2.60. The Bertz CT molecular complexity index is 359. The third-order valence-electron chi connectivity index (χ3n) is 2.65. The van der Waals surface area contributed by atoms with Crippen LogP contribution in [0.2, 0.25) is 0 Å². The number of nitrogens with two attached hydrogens (primary N) is 2. The quantitative estimate of drug-likeness (QED) is 0.339. The lowest BCUT2D eigenvalue weighted by Gasteiger charge is -2.25. The number of hydrogen-bond donors (Lipinski definition) is 4. The van der Waals surface area contributed by atoms with Gasteiger partial charge in [-0.25, -0.2) is 9.59 Å². The number of aliphatic carboxylic acids is 1. The molecule has 0 bridgehead atoms. The standard InChI is InChI=1S/C10H17N3O5/c11-4-2-1-3-10(12)9(17)18-6(8(15)16)5-7(14)13-10/h6H,1-5,11-12H2,(H,13,14)(H,15,16)/t6?,10-/m1/s1. The van der Waals surface area contributed by atoms with Gasteiger partial charge in [0, 0.05) is 0 Å². The smallest absolute Gasteiger partial charge is 0.347 e. The Hall–Kier alpha value is -1.67. The van der Waals surface area contributed by atoms with Gasteiger partial charge in [0.1, 0.15) is 0 Å². The zero-order chi connectivity index (χ0) is 13.8. The predicted molar refractivity (Wildman–Crippen MR) is 60.1 cm³/mol. The van der Waals surface area contributed by atoms with Crippen molar-refractivity contribution in [2.75, 3.05) is 6.54 Å². The van der Waals surface area contributed by atoms with Crippen molar-refractivity contribution < 1.29 is 24.2 Å². The lowest BCUT2D eigenvalue weighted by atomic mass is 10.0. The number of unbranched alkanes of at least 4 members (excludes halogenated alkanes) is 1. The maximum absolute atomic E-state index is 11.7. The maximum Gasteiger partial charge on any atom is 0.347 e. The molecule has 1 aliphatic rings. The summed E-state index contributed by atoms with van der Waals surface area (Å²) in [5.74, 6) is -2.93. The van der Waals surface area contributed by atoms with Crippen LogP contribution in [-0.4, -0.2) is 41.3 Å². The summed E-state index contributed by atoms with van der Waals surface area (Å²) >= 11 is 0. The molecule has 0 aromatic carbocycles. The van der Waals surface area contributed by atoms with Gasteiger partial charge in [-0.2, -0.15) is 0 Å². The summed E-state index contributed by atoms with van der Waals surface area (Å²) in [5.41, 5.74) is 9.41. The van der Waals surface area contributed by atoms with Gasteiger partial charge in [-0.3, -0.25) is 10.5 Å². The maximum atomic E-state index is 11.7. The van der Waals surface area contributed by atoms with Crippen molar-refractivity contribution in [2.24, 2.45) is 11.5 Å². The van der Waals surface area contributed by atoms with Crippen molar-refractivity contribution in [3.05, 3.63) is 0 Å². The van der Waals surface area contributed by atoms with Crippen LogP contribution in [0.25, 0.3) is 0 Å². The van der Waals surface area contributed by atoms with E-state index < -0.39 is 36.0 Å². The van der Waals surface area contributed by atoms with Crippen molar-refractivity contribution >= 4 is 17.8 Å². The summed E-state index contributed by atoms with van der Waals surface area (Å²) in [6.45, 7) is 0.441. The van der Waals surface area contributed by atoms with Gasteiger partial charge in [-0.1, -0.05) is 0 Å². The topological polar surface area (TPSA) is 145 Å². The number of ether oxygens (including phenoxy) is 1. The molecule has 1 aliphatic heterocycles. The second kappa shape index (κ2) is 5.78. The predicted octanol–water partition coefficient (Wildman–Crippen LogP) is -1.71. The molecule has 1 saturated heterocycles. The third kappa shape index (κ3) is 3.41. The molecule has 0 radical (unpaired) electrons. The van der Waals surface area contributed by atoms with Gasteiger partial charge in [0.25, 0.3) is 0 Å². The Morgan fingerprint density at radius 1 is 1.50 bits per heavy atom. The van der Waals surface area contributed by atoms with Crippen molar-refractivity contribution in [1.82, 2.24) is 5.32 Å². The number of carbonyl (C=O) groups excluding carboxylic acids is 2. The van der Waals surface area contributed by atoms with Crippen LogP contribution in [0, 0.1) is 0 Å². The molecule has 2 atom stereocenters. The first-order valence-corrected chi connectivity index (χ1v) is 5.63. The van der Waals surface area contributed by atoms with E-state index in [9.17, 15) is 14.4 Å². The molecule has 1 amide bonds. The molecule has 1 rings (SSSR count). The average molecular weight is 259 g/mol. The van der Waals surface area contributed by atoms with E-state index in [0.29, 0.717) is 19.4 Å². The normalized spacial score (nSPS) is 28.2. The number of carboxylic acids is 1. The molecule has 18 heavy (non-hydrogen) atoms. The molecule has 1 unspecified atom stereocenters. The minimum Gasteiger partial charge on any atom is -0.478 e. The van der Waals surface area contributed by atoms with E-state index in [1.54, 1.807) is 0 Å². The fourth-order valence-electron chi connectivity index (χ4n) is 1.65. The van der Waals surface area contributed by atoms with Crippen LogP contribution in [0.5, 0.6) is 0 Å². The fraction of sp³-hybridized carbons (Fsp3) is 0.700. The van der Waals surface area contributed by atoms with Crippen LogP contribution >= 0.6 is 0 Å². The highest BCUT2D eigenvalue weighted by Crippen LogP contribution is 2.17. The third-order valence-corrected chi connectivity index (χ3v) is 2.65. The van der Waals surface area contributed by atoms with Crippen LogP contribution in [-0.2, 0) is 19.1 Å². The molecule has 1 heterocycles. The number of esters is 1. The van der Waals surface area contributed by atoms with Gasteiger partial charge in [0.2, 0.25) is 12.0 Å². The fourth-order valence-corrected chi connectivity index (χ4v) is 1.65. The van der Waals surface area contributed by atoms with Gasteiger partial charge in [0.05, 0.1) is 6.42 Å². The molecule has 1 fully saturated rings. The van der Waals surface area contributed by atoms with Crippen LogP contribution in [0.15, 0.2) is 0 Å². The molecule has 0 aromatic rings. The zero-order valence-electron chi connectivity index (χ0n) is 9.85. The largest absolute Gasteiger partial charge is 0.478 e. The Kier molecular flexibility index (Phi) is 4.62. The first-order valence-electron chi connectivity index (χ1n) is 5.63. The molecule has 0 aromatic heterocycles. The van der Waals surface area contributed by atoms with Gasteiger partial charge < -0.3 is 20.9 Å². The summed E-state index contributed by atoms with van der Waals surface area (Å²) in [5, 5.41) is 11.1. The summed E-state index contributed by atoms with van der Waals surface area (Å²) in [6.07, 6.45) is -0.597. The SMILES string of the molecule is NCCCC[C@@]1(N)NC(=O)CC(C(=O)O)OC1=O. The summed E-state index contributed by atoms with van der Waals surface area (Å²) in [7, 11) is 0. The second-order valence-corrected chi connectivity index (χ2v) is 4.20. The molecule has 0 aliphatic carbocycles. The van der Waals surface area contributed by atoms with Gasteiger partial charge in [-0.15, -0.1) is 0 Å². The van der Waals surface area contributed by atoms with Crippen LogP contribution in [0.3, 0.4) is 0 Å². The number of rotatable bonds is 5. The Balaban J connectivity index is 2.77. The molecular weight excluding hydrogens is 242 g/mol. The Morgan fingerprint density at radius 2 is 2.17 bits per heavy atom. The van der Waals surface area contributed by atoms with Gasteiger partial charge in [-0.05, 0) is 25.8 Å². The highest BCUT2D eigenvalue weighted by Gasteiger charge is 2.43. The summed E-state index contributed by atoms with van der Waals surface area (Å²) in [6, 6.07) is 0. The van der Waals surface area contributed by atoms with E-state index in [-0.39, 0.29) is 6.42 Å². The van der Waals surface area contributed by atoms with E-state index in [0.717, 1.165) is 0 Å². The van der Waals surface area contributed by atoms with Crippen molar-refractivity contribution in [2.45, 2.75) is 37.5 Å². The highest BCUT2D eigenvalue weighted by molar-refractivity contribution is 5.93. The number of amides is 1. The average Bonchev–Trinajstić information content (AvgIpc) is 2.37. The molecule has 8 heteroatoms. The molecule has 102 valence electrons. The first-order chi connectivity index (χ1) is 8.39. The van der Waals surface area contributed by atoms with Crippen LogP contribution in [0.4, 0.5) is 0 Å². The van der Waals surface area contributed by atoms with E-state index in [1.165, 1.54) is 0 Å². The number of cyclic esters (lactones) is 1. The van der Waals surface area contributed by atoms with E-state index >= 15 is 0 Å². The highest BCUT2D eigenvalue weighted by atomic mass is 16.6. The summed E-state index contributed by atoms with van der Waals surface area (Å²) < 4.78 is 4.71. The second-order valence-electron chi connectivity index (χ2n) is 4.20. The zero-order valence-corrected chi connectivity index (χ0v) is 9.85. The minimum atomic E-state index is -1.67. The van der Waals surface area contributed by atoms with Gasteiger partial charge >= 0.3 is 11.9 Å². The molecular formula is C10H17N3O5. The Morgan fingerprint density at radius 3 is 2.72 bits per heavy atom. The molecule has 0 spiro atoms. The summed E-state index contributed by atoms with van der Waals surface area (Å²) in [4.78, 5) is 34.0. The van der Waals surface area contributed by atoms with Crippen molar-refractivity contribution in [3.8, 4) is 0 Å². The van der Waals surface area contributed by atoms with Crippen LogP contribution in [0.1, 0.15) is 25.7 Å². The number of carboxylic acid groups (broad SMARTS) is 1. The number of nitrogens with one attached hydrogen (secondary N) is 1. The van der Waals surface area contributed by atoms with Gasteiger partial charge in [0.15, 0.2) is 5.66 Å². The Labute approximate surface area is 104 Å². The van der Waals surface area contributed by atoms with Crippen LogP contribution < -0.4 is 16.8 Å². The van der Waals surface area contributed by atoms with E-state index in [4.69, 9.17) is 21.3 Å². The van der Waals surface area contributed by atoms with E-state index in [1.807, 2.05) is 0 Å². The number of carbonyl (C=O) groups is 3. The van der Waals surface area contributed by atoms with Crippen molar-refractivity contribution in [3.63, 3.8) is 0 Å². The van der Waals surface area contributed by atoms with Crippen molar-refractivity contribution in [1.29, 1.82) is 0 Å². The molecule has 6 N–H and O–H groups in total. The minimum absolute atomic E-state index is 0.154. The molecule has 8 nitrogen and oxygen atoms in total. The first kappa shape index (κ1) is 14.4. The molecule has 0 saturated carbocycles. The number of hydrogen-bond acceptors (Lipinski definition) is 6. The monoisotopic (exact) mass is 259 g/mol.